The Balaban J connectivity index is 1.43. The maximum absolute atomic E-state index is 13.1. The number of carbonyl (C=O) groups is 1. The van der Waals surface area contributed by atoms with Gasteiger partial charge in [0.05, 0.1) is 11.4 Å². The molecule has 0 spiro atoms. The molecule has 1 saturated heterocycles. The lowest BCUT2D eigenvalue weighted by Crippen LogP contribution is -2.35. The normalized spacial score (nSPS) is 17.4. The van der Waals surface area contributed by atoms with Crippen molar-refractivity contribution in [3.63, 3.8) is 0 Å². The summed E-state index contributed by atoms with van der Waals surface area (Å²) in [5.74, 6) is 0.365. The molecule has 2 heterocycles. The number of hydrogen-bond acceptors (Lipinski definition) is 5. The summed E-state index contributed by atoms with van der Waals surface area (Å²) in [7, 11) is -3.52. The molecule has 32 heavy (non-hydrogen) atoms. The minimum atomic E-state index is -3.52. The van der Waals surface area contributed by atoms with E-state index in [1.807, 2.05) is 6.07 Å². The Kier molecular flexibility index (Phi) is 7.47. The molecule has 0 radical (unpaired) electrons. The Morgan fingerprint density at radius 1 is 1.00 bits per heavy atom. The molecular formula is C22H23Cl2N3O3S2. The number of halogens is 2. The van der Waals surface area contributed by atoms with Crippen molar-refractivity contribution in [1.29, 1.82) is 0 Å². The van der Waals surface area contributed by atoms with Crippen molar-refractivity contribution < 1.29 is 13.2 Å². The van der Waals surface area contributed by atoms with Gasteiger partial charge in [-0.2, -0.15) is 4.31 Å². The molecule has 0 aromatic heterocycles. The Labute approximate surface area is 202 Å². The molecule has 1 fully saturated rings. The van der Waals surface area contributed by atoms with Crippen molar-refractivity contribution in [2.45, 2.75) is 29.9 Å². The number of nitrogens with zero attached hydrogens (tertiary/aromatic N) is 3. The van der Waals surface area contributed by atoms with Crippen LogP contribution in [0.2, 0.25) is 10.0 Å². The molecule has 2 aliphatic rings. The summed E-state index contributed by atoms with van der Waals surface area (Å²) < 4.78 is 27.2. The number of aliphatic imine (C=N–C) groups is 1. The van der Waals surface area contributed by atoms with Crippen molar-refractivity contribution in [2.75, 3.05) is 26.2 Å². The fraction of sp³-hybridized carbons (Fsp3) is 0.364. The van der Waals surface area contributed by atoms with E-state index in [1.54, 1.807) is 29.2 Å². The fourth-order valence-electron chi connectivity index (χ4n) is 3.70. The number of benzene rings is 2. The number of amides is 1. The quantitative estimate of drug-likeness (QED) is 0.571. The van der Waals surface area contributed by atoms with Crippen LogP contribution in [0.3, 0.4) is 0 Å². The molecule has 0 N–H and O–H groups in total. The average molecular weight is 512 g/mol. The smallest absolute Gasteiger partial charge is 0.259 e. The second-order valence-electron chi connectivity index (χ2n) is 7.63. The first-order valence-corrected chi connectivity index (χ1v) is 13.6. The minimum Gasteiger partial charge on any atom is -0.286 e. The zero-order valence-electron chi connectivity index (χ0n) is 17.3. The largest absolute Gasteiger partial charge is 0.286 e. The molecule has 170 valence electrons. The van der Waals surface area contributed by atoms with Crippen LogP contribution in [0.5, 0.6) is 0 Å². The molecular weight excluding hydrogens is 489 g/mol. The third kappa shape index (κ3) is 5.15. The summed E-state index contributed by atoms with van der Waals surface area (Å²) in [5.41, 5.74) is 1.35. The molecule has 6 nitrogen and oxygen atoms in total. The van der Waals surface area contributed by atoms with Crippen LogP contribution in [0, 0.1) is 0 Å². The molecule has 2 aliphatic heterocycles. The number of amidine groups is 1. The van der Waals surface area contributed by atoms with E-state index in [9.17, 15) is 13.2 Å². The number of sulfonamides is 1. The molecule has 4 rings (SSSR count). The van der Waals surface area contributed by atoms with Gasteiger partial charge < -0.3 is 0 Å². The lowest BCUT2D eigenvalue weighted by atomic mass is 10.2. The van der Waals surface area contributed by atoms with Crippen LogP contribution in [-0.2, 0) is 15.8 Å². The third-order valence-corrected chi connectivity index (χ3v) is 9.04. The van der Waals surface area contributed by atoms with Crippen LogP contribution in [0.4, 0.5) is 0 Å². The van der Waals surface area contributed by atoms with Gasteiger partial charge in [0.1, 0.15) is 0 Å². The van der Waals surface area contributed by atoms with Crippen molar-refractivity contribution in [3.05, 3.63) is 63.6 Å². The van der Waals surface area contributed by atoms with Crippen molar-refractivity contribution in [2.24, 2.45) is 4.99 Å². The summed E-state index contributed by atoms with van der Waals surface area (Å²) in [6.45, 7) is 2.12. The van der Waals surface area contributed by atoms with Gasteiger partial charge in [-0.05, 0) is 54.8 Å². The van der Waals surface area contributed by atoms with Gasteiger partial charge >= 0.3 is 0 Å². The van der Waals surface area contributed by atoms with Gasteiger partial charge in [0.15, 0.2) is 5.17 Å². The molecule has 0 unspecified atom stereocenters. The summed E-state index contributed by atoms with van der Waals surface area (Å²) in [4.78, 5) is 19.4. The van der Waals surface area contributed by atoms with Gasteiger partial charge in [0, 0.05) is 41.0 Å². The van der Waals surface area contributed by atoms with Crippen LogP contribution in [0.25, 0.3) is 0 Å². The summed E-state index contributed by atoms with van der Waals surface area (Å²) in [6, 6.07) is 11.5. The van der Waals surface area contributed by atoms with E-state index in [-0.39, 0.29) is 10.8 Å². The second-order valence-corrected chi connectivity index (χ2v) is 11.4. The fourth-order valence-corrected chi connectivity index (χ4v) is 6.82. The SMILES string of the molecule is O=C(c1ccc(S(=O)(=O)N2CCCCC2)cc1)N1CCN=C1SCc1ccc(Cl)cc1Cl. The predicted molar refractivity (Wildman–Crippen MR) is 130 cm³/mol. The van der Waals surface area contributed by atoms with Crippen LogP contribution < -0.4 is 0 Å². The molecule has 0 saturated carbocycles. The number of hydrogen-bond donors (Lipinski definition) is 0. The summed E-state index contributed by atoms with van der Waals surface area (Å²) in [6.07, 6.45) is 2.82. The molecule has 2 aromatic rings. The second kappa shape index (κ2) is 10.1. The maximum atomic E-state index is 13.1. The number of rotatable bonds is 5. The number of thioether (sulfide) groups is 1. The van der Waals surface area contributed by atoms with E-state index in [2.05, 4.69) is 4.99 Å². The highest BCUT2D eigenvalue weighted by Crippen LogP contribution is 2.28. The van der Waals surface area contributed by atoms with E-state index in [4.69, 9.17) is 23.2 Å². The van der Waals surface area contributed by atoms with E-state index in [0.717, 1.165) is 24.8 Å². The molecule has 0 atom stereocenters. The van der Waals surface area contributed by atoms with Gasteiger partial charge in [-0.1, -0.05) is 47.5 Å². The van der Waals surface area contributed by atoms with Crippen molar-refractivity contribution in [3.8, 4) is 0 Å². The highest BCUT2D eigenvalue weighted by atomic mass is 35.5. The standard InChI is InChI=1S/C22H23Cl2N3O3S2/c23-18-7-4-17(20(24)14-18)15-31-22-25-10-13-27(22)21(28)16-5-8-19(9-6-16)32(29,30)26-11-2-1-3-12-26/h4-9,14H,1-3,10-13,15H2. The first-order valence-electron chi connectivity index (χ1n) is 10.4. The Morgan fingerprint density at radius 2 is 1.72 bits per heavy atom. The van der Waals surface area contributed by atoms with E-state index in [1.165, 1.54) is 28.2 Å². The summed E-state index contributed by atoms with van der Waals surface area (Å²) in [5, 5.41) is 1.78. The minimum absolute atomic E-state index is 0.196. The monoisotopic (exact) mass is 511 g/mol. The first kappa shape index (κ1) is 23.6. The Morgan fingerprint density at radius 3 is 2.41 bits per heavy atom. The third-order valence-electron chi connectivity index (χ3n) is 5.47. The van der Waals surface area contributed by atoms with Crippen LogP contribution in [0.15, 0.2) is 52.4 Å². The van der Waals surface area contributed by atoms with Crippen molar-refractivity contribution >= 4 is 56.1 Å². The average Bonchev–Trinajstić information content (AvgIpc) is 3.27. The van der Waals surface area contributed by atoms with Crippen LogP contribution >= 0.6 is 35.0 Å². The van der Waals surface area contributed by atoms with E-state index < -0.39 is 10.0 Å². The van der Waals surface area contributed by atoms with Gasteiger partial charge in [-0.3, -0.25) is 14.7 Å². The molecule has 0 aliphatic carbocycles. The molecule has 1 amide bonds. The zero-order valence-corrected chi connectivity index (χ0v) is 20.5. The highest BCUT2D eigenvalue weighted by molar-refractivity contribution is 8.13. The highest BCUT2D eigenvalue weighted by Gasteiger charge is 2.28. The lowest BCUT2D eigenvalue weighted by molar-refractivity contribution is 0.0860. The number of piperidine rings is 1. The van der Waals surface area contributed by atoms with Gasteiger partial charge in [-0.25, -0.2) is 8.42 Å². The topological polar surface area (TPSA) is 70.1 Å². The maximum Gasteiger partial charge on any atom is 0.259 e. The molecule has 0 bridgehead atoms. The zero-order chi connectivity index (χ0) is 22.7. The molecule has 2 aromatic carbocycles. The van der Waals surface area contributed by atoms with Gasteiger partial charge in [0.25, 0.3) is 5.91 Å². The van der Waals surface area contributed by atoms with Crippen molar-refractivity contribution in [1.82, 2.24) is 9.21 Å². The van der Waals surface area contributed by atoms with Crippen LogP contribution in [-0.4, -0.2) is 54.9 Å². The Hall–Kier alpha value is -1.58. The molecule has 10 heteroatoms. The lowest BCUT2D eigenvalue weighted by Gasteiger charge is -2.26. The van der Waals surface area contributed by atoms with E-state index >= 15 is 0 Å². The Bertz CT molecular complexity index is 1130. The summed E-state index contributed by atoms with van der Waals surface area (Å²) >= 11 is 13.6. The van der Waals surface area contributed by atoms with Crippen LogP contribution in [0.1, 0.15) is 35.2 Å². The predicted octanol–water partition coefficient (Wildman–Crippen LogP) is 4.91. The number of carbonyl (C=O) groups excluding carboxylic acids is 1. The van der Waals surface area contributed by atoms with Gasteiger partial charge in [0.2, 0.25) is 10.0 Å². The van der Waals surface area contributed by atoms with E-state index in [0.29, 0.717) is 52.7 Å². The van der Waals surface area contributed by atoms with Gasteiger partial charge in [-0.15, -0.1) is 0 Å². The first-order chi connectivity index (χ1) is 15.4.